The highest BCUT2D eigenvalue weighted by atomic mass is 16.6. The lowest BCUT2D eigenvalue weighted by atomic mass is 9.99. The quantitative estimate of drug-likeness (QED) is 0.129. The second-order valence-corrected chi connectivity index (χ2v) is 10.8. The summed E-state index contributed by atoms with van der Waals surface area (Å²) >= 11 is 0. The molecule has 0 spiro atoms. The van der Waals surface area contributed by atoms with E-state index in [1.807, 2.05) is 60.7 Å². The van der Waals surface area contributed by atoms with E-state index in [4.69, 9.17) is 18.9 Å². The fourth-order valence-corrected chi connectivity index (χ4v) is 5.16. The largest absolute Gasteiger partial charge is 0.466 e. The van der Waals surface area contributed by atoms with Crippen LogP contribution in [0.4, 0.5) is 0 Å². The molecular weight excluding hydrogens is 588 g/mol. The number of esters is 4. The Morgan fingerprint density at radius 2 is 0.978 bits per heavy atom. The van der Waals surface area contributed by atoms with Gasteiger partial charge in [-0.25, -0.2) is 9.59 Å². The van der Waals surface area contributed by atoms with Gasteiger partial charge in [0, 0.05) is 37.1 Å². The Labute approximate surface area is 269 Å². The van der Waals surface area contributed by atoms with E-state index in [1.165, 1.54) is 0 Å². The first-order valence-corrected chi connectivity index (χ1v) is 15.8. The van der Waals surface area contributed by atoms with Crippen molar-refractivity contribution >= 4 is 35.7 Å². The molecule has 0 saturated carbocycles. The minimum absolute atomic E-state index is 0.0782. The Hall–Kier alpha value is -4.86. The minimum Gasteiger partial charge on any atom is -0.466 e. The van der Waals surface area contributed by atoms with Gasteiger partial charge in [-0.15, -0.1) is 0 Å². The number of carbonyl (C=O) groups excluding carboxylic acids is 4. The molecule has 10 nitrogen and oxygen atoms in total. The minimum atomic E-state index is -0.489. The van der Waals surface area contributed by atoms with E-state index >= 15 is 0 Å². The molecular formula is C36H40N2O8. The van der Waals surface area contributed by atoms with E-state index in [9.17, 15) is 19.2 Å². The smallest absolute Gasteiger partial charge is 0.341 e. The molecule has 0 amide bonds. The summed E-state index contributed by atoms with van der Waals surface area (Å²) in [4.78, 5) is 59.1. The second kappa shape index (κ2) is 17.6. The van der Waals surface area contributed by atoms with Crippen molar-refractivity contribution < 1.29 is 38.1 Å². The Kier molecular flexibility index (Phi) is 13.0. The molecule has 0 fully saturated rings. The van der Waals surface area contributed by atoms with Crippen LogP contribution in [0.5, 0.6) is 0 Å². The van der Waals surface area contributed by atoms with E-state index in [0.717, 1.165) is 36.8 Å². The van der Waals surface area contributed by atoms with Crippen molar-refractivity contribution in [2.24, 2.45) is 9.98 Å². The highest BCUT2D eigenvalue weighted by molar-refractivity contribution is 6.17. The number of carbonyl (C=O) groups is 4. The Bertz CT molecular complexity index is 1410. The van der Waals surface area contributed by atoms with Crippen molar-refractivity contribution in [2.45, 2.75) is 65.2 Å². The highest BCUT2D eigenvalue weighted by Gasteiger charge is 2.34. The molecule has 10 heteroatoms. The normalized spacial score (nSPS) is 16.3. The molecule has 0 N–H and O–H groups in total. The van der Waals surface area contributed by atoms with Crippen LogP contribution in [-0.4, -0.2) is 62.0 Å². The van der Waals surface area contributed by atoms with E-state index in [0.29, 0.717) is 48.2 Å². The predicted molar refractivity (Wildman–Crippen MR) is 172 cm³/mol. The van der Waals surface area contributed by atoms with Crippen LogP contribution in [0.2, 0.25) is 0 Å². The van der Waals surface area contributed by atoms with Gasteiger partial charge in [-0.05, 0) is 37.8 Å². The number of unbranched alkanes of at least 4 members (excludes halogenated alkanes) is 3. The van der Waals surface area contributed by atoms with Crippen LogP contribution in [0.15, 0.2) is 92.9 Å². The summed E-state index contributed by atoms with van der Waals surface area (Å²) < 4.78 is 21.2. The van der Waals surface area contributed by atoms with Gasteiger partial charge < -0.3 is 18.9 Å². The van der Waals surface area contributed by atoms with Gasteiger partial charge in [0.2, 0.25) is 11.8 Å². The van der Waals surface area contributed by atoms with Gasteiger partial charge >= 0.3 is 23.9 Å². The van der Waals surface area contributed by atoms with Crippen LogP contribution in [0.1, 0.15) is 63.5 Å². The third kappa shape index (κ3) is 9.82. The third-order valence-electron chi connectivity index (χ3n) is 7.39. The zero-order valence-electron chi connectivity index (χ0n) is 26.4. The van der Waals surface area contributed by atoms with Crippen molar-refractivity contribution in [3.8, 4) is 0 Å². The zero-order valence-corrected chi connectivity index (χ0v) is 26.4. The summed E-state index contributed by atoms with van der Waals surface area (Å²) in [6.45, 7) is 4.80. The van der Waals surface area contributed by atoms with Crippen LogP contribution < -0.4 is 0 Å². The lowest BCUT2D eigenvalue weighted by Crippen LogP contribution is -2.11. The maximum atomic E-state index is 12.7. The monoisotopic (exact) mass is 628 g/mol. The zero-order chi connectivity index (χ0) is 32.7. The lowest BCUT2D eigenvalue weighted by molar-refractivity contribution is -0.143. The lowest BCUT2D eigenvalue weighted by Gasteiger charge is -2.06. The molecule has 4 rings (SSSR count). The topological polar surface area (TPSA) is 130 Å². The Morgan fingerprint density at radius 1 is 0.587 bits per heavy atom. The first-order chi connectivity index (χ1) is 22.4. The molecule has 2 aromatic carbocycles. The number of cyclic esters (lactones) is 2. The number of aliphatic imine (C=N–C) groups is 2. The fourth-order valence-electron chi connectivity index (χ4n) is 5.16. The van der Waals surface area contributed by atoms with Gasteiger partial charge in [0.1, 0.15) is 0 Å². The van der Waals surface area contributed by atoms with Crippen LogP contribution in [0.25, 0.3) is 0 Å². The fraction of sp³-hybridized carbons (Fsp3) is 0.389. The van der Waals surface area contributed by atoms with E-state index in [2.05, 4.69) is 9.98 Å². The first kappa shape index (κ1) is 34.0. The molecule has 0 aliphatic carbocycles. The van der Waals surface area contributed by atoms with E-state index in [1.54, 1.807) is 13.8 Å². The number of nitrogens with zero attached hydrogens (tertiary/aromatic N) is 2. The molecule has 2 aliphatic rings. The first-order valence-electron chi connectivity index (χ1n) is 15.8. The van der Waals surface area contributed by atoms with Crippen LogP contribution in [0, 0.1) is 0 Å². The van der Waals surface area contributed by atoms with E-state index in [-0.39, 0.29) is 37.9 Å². The summed E-state index contributed by atoms with van der Waals surface area (Å²) in [5.74, 6) is -1.47. The molecule has 2 heterocycles. The molecule has 0 atom stereocenters. The molecule has 0 unspecified atom stereocenters. The second-order valence-electron chi connectivity index (χ2n) is 10.8. The summed E-state index contributed by atoms with van der Waals surface area (Å²) in [6.07, 6.45) is 3.69. The van der Waals surface area contributed by atoms with Gasteiger partial charge in [0.15, 0.2) is 0 Å². The van der Waals surface area contributed by atoms with Gasteiger partial charge in [-0.3, -0.25) is 19.6 Å². The summed E-state index contributed by atoms with van der Waals surface area (Å²) in [6, 6.07) is 19.0. The average molecular weight is 629 g/mol. The van der Waals surface area contributed by atoms with Crippen LogP contribution >= 0.6 is 0 Å². The van der Waals surface area contributed by atoms with E-state index < -0.39 is 23.9 Å². The Morgan fingerprint density at radius 3 is 1.35 bits per heavy atom. The molecule has 46 heavy (non-hydrogen) atoms. The number of hydrogen-bond acceptors (Lipinski definition) is 10. The van der Waals surface area contributed by atoms with Crippen molar-refractivity contribution in [3.63, 3.8) is 0 Å². The predicted octanol–water partition coefficient (Wildman–Crippen LogP) is 5.44. The maximum absolute atomic E-state index is 12.7. The molecule has 0 aromatic heterocycles. The van der Waals surface area contributed by atoms with Crippen molar-refractivity contribution in [1.29, 1.82) is 0 Å². The summed E-state index contributed by atoms with van der Waals surface area (Å²) in [5.41, 5.74) is 3.68. The van der Waals surface area contributed by atoms with Gasteiger partial charge in [0.25, 0.3) is 0 Å². The summed E-state index contributed by atoms with van der Waals surface area (Å²) in [7, 11) is 0. The van der Waals surface area contributed by atoms with Crippen LogP contribution in [-0.2, 0) is 51.0 Å². The van der Waals surface area contributed by atoms with Crippen molar-refractivity contribution in [2.75, 3.05) is 26.3 Å². The van der Waals surface area contributed by atoms with Gasteiger partial charge in [-0.2, -0.15) is 0 Å². The van der Waals surface area contributed by atoms with Gasteiger partial charge in [0.05, 0.1) is 37.2 Å². The van der Waals surface area contributed by atoms with Gasteiger partial charge in [-0.1, -0.05) is 73.5 Å². The summed E-state index contributed by atoms with van der Waals surface area (Å²) in [5, 5.41) is 0. The number of ether oxygens (including phenoxy) is 4. The number of rotatable bonds is 17. The Balaban J connectivity index is 1.32. The molecule has 0 bridgehead atoms. The van der Waals surface area contributed by atoms with Crippen LogP contribution in [0.3, 0.4) is 0 Å². The molecule has 0 saturated heterocycles. The molecule has 2 aromatic rings. The number of benzene rings is 2. The maximum Gasteiger partial charge on any atom is 0.341 e. The average Bonchev–Trinajstić information content (AvgIpc) is 3.49. The van der Waals surface area contributed by atoms with Crippen molar-refractivity contribution in [1.82, 2.24) is 0 Å². The number of hydrogen-bond donors (Lipinski definition) is 0. The SMILES string of the molecule is CCOC(=O)CC1=C(Cc2ccccc2)C(=O)OC1=NCCCCCCN=C1OC(=O)C(Cc2ccccc2)=C1CC(=O)OCC. The molecule has 0 radical (unpaired) electrons. The standard InChI is InChI=1S/C36H40N2O8/c1-3-43-31(39)23-27-29(21-25-15-9-7-10-16-25)35(41)45-33(27)37-19-13-5-6-14-20-38-34-28(24-32(40)44-4-2)30(36(42)46-34)22-26-17-11-8-12-18-26/h7-12,15-18H,3-6,13-14,19-24H2,1-2H3. The molecule has 2 aliphatic heterocycles. The third-order valence-corrected chi connectivity index (χ3v) is 7.39. The highest BCUT2D eigenvalue weighted by Crippen LogP contribution is 2.27. The van der Waals surface area contributed by atoms with Crippen molar-refractivity contribution in [3.05, 3.63) is 94.1 Å². The molecule has 242 valence electrons.